The lowest BCUT2D eigenvalue weighted by Crippen LogP contribution is -2.09. The van der Waals surface area contributed by atoms with E-state index in [1.165, 1.54) is 30.3 Å². The molecule has 0 heterocycles. The summed E-state index contributed by atoms with van der Waals surface area (Å²) in [7, 11) is 0. The van der Waals surface area contributed by atoms with Gasteiger partial charge in [0.1, 0.15) is 17.3 Å². The Morgan fingerprint density at radius 1 is 1.29 bits per heavy atom. The van der Waals surface area contributed by atoms with Gasteiger partial charge >= 0.3 is 0 Å². The normalized spacial score (nSPS) is 12.0. The summed E-state index contributed by atoms with van der Waals surface area (Å²) in [6.45, 7) is 3.35. The van der Waals surface area contributed by atoms with Gasteiger partial charge in [-0.15, -0.1) is 0 Å². The molecule has 2 aromatic carbocycles. The Balaban J connectivity index is 2.39. The third kappa shape index (κ3) is 3.17. The number of nitrogens with two attached hydrogens (primary N) is 1. The SMILES string of the molecule is Cc1cc([N+](=O)[O-])ccc1Oc1cccc(F)c1[C@H](C)N. The smallest absolute Gasteiger partial charge is 0.269 e. The maximum absolute atomic E-state index is 13.8. The molecule has 0 saturated carbocycles. The Labute approximate surface area is 121 Å². The van der Waals surface area contributed by atoms with Crippen LogP contribution in [0.3, 0.4) is 0 Å². The van der Waals surface area contributed by atoms with E-state index in [4.69, 9.17) is 10.5 Å². The van der Waals surface area contributed by atoms with E-state index in [1.54, 1.807) is 19.9 Å². The first-order valence-corrected chi connectivity index (χ1v) is 6.37. The van der Waals surface area contributed by atoms with Crippen molar-refractivity contribution in [2.24, 2.45) is 5.73 Å². The molecular formula is C15H15FN2O3. The van der Waals surface area contributed by atoms with Crippen LogP contribution in [0.5, 0.6) is 11.5 Å². The number of hydrogen-bond acceptors (Lipinski definition) is 4. The zero-order valence-corrected chi connectivity index (χ0v) is 11.7. The molecule has 1 atom stereocenters. The van der Waals surface area contributed by atoms with E-state index in [9.17, 15) is 14.5 Å². The number of aryl methyl sites for hydroxylation is 1. The first-order valence-electron chi connectivity index (χ1n) is 6.37. The van der Waals surface area contributed by atoms with Crippen molar-refractivity contribution in [2.75, 3.05) is 0 Å². The van der Waals surface area contributed by atoms with Crippen molar-refractivity contribution in [1.29, 1.82) is 0 Å². The predicted molar refractivity (Wildman–Crippen MR) is 76.9 cm³/mol. The lowest BCUT2D eigenvalue weighted by molar-refractivity contribution is -0.384. The van der Waals surface area contributed by atoms with E-state index in [0.29, 0.717) is 17.1 Å². The molecule has 0 aromatic heterocycles. The number of hydrogen-bond donors (Lipinski definition) is 1. The highest BCUT2D eigenvalue weighted by Gasteiger charge is 2.16. The highest BCUT2D eigenvalue weighted by atomic mass is 19.1. The van der Waals surface area contributed by atoms with Crippen LogP contribution in [-0.4, -0.2) is 4.92 Å². The number of non-ortho nitro benzene ring substituents is 1. The topological polar surface area (TPSA) is 78.4 Å². The van der Waals surface area contributed by atoms with Crippen LogP contribution in [0.1, 0.15) is 24.1 Å². The lowest BCUT2D eigenvalue weighted by Gasteiger charge is -2.15. The van der Waals surface area contributed by atoms with Gasteiger partial charge in [0.25, 0.3) is 5.69 Å². The summed E-state index contributed by atoms with van der Waals surface area (Å²) in [5.74, 6) is 0.289. The van der Waals surface area contributed by atoms with Crippen molar-refractivity contribution in [2.45, 2.75) is 19.9 Å². The van der Waals surface area contributed by atoms with Gasteiger partial charge in [0.05, 0.1) is 4.92 Å². The molecule has 0 amide bonds. The quantitative estimate of drug-likeness (QED) is 0.685. The van der Waals surface area contributed by atoms with E-state index >= 15 is 0 Å². The van der Waals surface area contributed by atoms with Crippen LogP contribution in [0.15, 0.2) is 36.4 Å². The molecule has 2 aromatic rings. The van der Waals surface area contributed by atoms with E-state index in [2.05, 4.69) is 0 Å². The predicted octanol–water partition coefficient (Wildman–Crippen LogP) is 3.85. The molecule has 6 heteroatoms. The van der Waals surface area contributed by atoms with Crippen molar-refractivity contribution in [3.8, 4) is 11.5 Å². The largest absolute Gasteiger partial charge is 0.457 e. The fourth-order valence-corrected chi connectivity index (χ4v) is 2.03. The molecule has 0 spiro atoms. The van der Waals surface area contributed by atoms with Gasteiger partial charge < -0.3 is 10.5 Å². The minimum absolute atomic E-state index is 0.0218. The fourth-order valence-electron chi connectivity index (χ4n) is 2.03. The summed E-state index contributed by atoms with van der Waals surface area (Å²) in [4.78, 5) is 10.2. The van der Waals surface area contributed by atoms with Gasteiger partial charge in [0, 0.05) is 23.7 Å². The maximum atomic E-state index is 13.8. The molecule has 0 unspecified atom stereocenters. The Bertz CT molecular complexity index is 687. The number of nitrogens with zero attached hydrogens (tertiary/aromatic N) is 1. The van der Waals surface area contributed by atoms with Crippen molar-refractivity contribution in [3.63, 3.8) is 0 Å². The second-order valence-electron chi connectivity index (χ2n) is 4.75. The number of halogens is 1. The monoisotopic (exact) mass is 290 g/mol. The van der Waals surface area contributed by atoms with Crippen molar-refractivity contribution >= 4 is 5.69 Å². The number of nitro benzene ring substituents is 1. The van der Waals surface area contributed by atoms with Gasteiger partial charge in [0.15, 0.2) is 0 Å². The Hall–Kier alpha value is -2.47. The van der Waals surface area contributed by atoms with Crippen LogP contribution in [0.2, 0.25) is 0 Å². The van der Waals surface area contributed by atoms with Gasteiger partial charge in [-0.2, -0.15) is 0 Å². The molecule has 0 saturated heterocycles. The highest BCUT2D eigenvalue weighted by Crippen LogP contribution is 2.33. The average Bonchev–Trinajstić information content (AvgIpc) is 2.40. The molecule has 0 aliphatic carbocycles. The van der Waals surface area contributed by atoms with Gasteiger partial charge in [-0.05, 0) is 37.6 Å². The molecule has 0 bridgehead atoms. The average molecular weight is 290 g/mol. The van der Waals surface area contributed by atoms with Crippen molar-refractivity contribution < 1.29 is 14.1 Å². The molecule has 5 nitrogen and oxygen atoms in total. The third-order valence-corrected chi connectivity index (χ3v) is 3.06. The molecule has 2 rings (SSSR count). The van der Waals surface area contributed by atoms with Crippen LogP contribution < -0.4 is 10.5 Å². The van der Waals surface area contributed by atoms with E-state index in [0.717, 1.165) is 0 Å². The molecule has 0 aliphatic rings. The zero-order chi connectivity index (χ0) is 15.6. The van der Waals surface area contributed by atoms with E-state index in [1.807, 2.05) is 0 Å². The van der Waals surface area contributed by atoms with E-state index in [-0.39, 0.29) is 11.3 Å². The molecular weight excluding hydrogens is 275 g/mol. The maximum Gasteiger partial charge on any atom is 0.269 e. The van der Waals surface area contributed by atoms with Crippen LogP contribution in [0.25, 0.3) is 0 Å². The number of benzene rings is 2. The van der Waals surface area contributed by atoms with Gasteiger partial charge in [-0.3, -0.25) is 10.1 Å². The van der Waals surface area contributed by atoms with Gasteiger partial charge in [-0.1, -0.05) is 6.07 Å². The molecule has 21 heavy (non-hydrogen) atoms. The molecule has 110 valence electrons. The van der Waals surface area contributed by atoms with E-state index < -0.39 is 16.8 Å². The van der Waals surface area contributed by atoms with Gasteiger partial charge in [-0.25, -0.2) is 4.39 Å². The fraction of sp³-hybridized carbons (Fsp3) is 0.200. The molecule has 0 radical (unpaired) electrons. The lowest BCUT2D eigenvalue weighted by atomic mass is 10.1. The summed E-state index contributed by atoms with van der Waals surface area (Å²) < 4.78 is 19.5. The Morgan fingerprint density at radius 2 is 2.00 bits per heavy atom. The van der Waals surface area contributed by atoms with Crippen LogP contribution in [0.4, 0.5) is 10.1 Å². The van der Waals surface area contributed by atoms with Crippen molar-refractivity contribution in [1.82, 2.24) is 0 Å². The summed E-state index contributed by atoms with van der Waals surface area (Å²) in [5, 5.41) is 10.7. The first kappa shape index (κ1) is 14.9. The second kappa shape index (κ2) is 5.88. The highest BCUT2D eigenvalue weighted by molar-refractivity contribution is 5.47. The Kier molecular flexibility index (Phi) is 4.18. The molecule has 2 N–H and O–H groups in total. The zero-order valence-electron chi connectivity index (χ0n) is 11.7. The molecule has 0 aliphatic heterocycles. The minimum Gasteiger partial charge on any atom is -0.457 e. The number of ether oxygens (including phenoxy) is 1. The van der Waals surface area contributed by atoms with Crippen LogP contribution in [-0.2, 0) is 0 Å². The first-order chi connectivity index (χ1) is 9.90. The van der Waals surface area contributed by atoms with Crippen LogP contribution in [0, 0.1) is 22.9 Å². The summed E-state index contributed by atoms with van der Waals surface area (Å²) in [6.07, 6.45) is 0. The second-order valence-corrected chi connectivity index (χ2v) is 4.75. The third-order valence-electron chi connectivity index (χ3n) is 3.06. The molecule has 0 fully saturated rings. The number of nitro groups is 1. The summed E-state index contributed by atoms with van der Waals surface area (Å²) in [6, 6.07) is 8.16. The Morgan fingerprint density at radius 3 is 2.57 bits per heavy atom. The minimum atomic E-state index is -0.528. The van der Waals surface area contributed by atoms with Crippen LogP contribution >= 0.6 is 0 Å². The summed E-state index contributed by atoms with van der Waals surface area (Å²) >= 11 is 0. The van der Waals surface area contributed by atoms with Crippen molar-refractivity contribution in [3.05, 3.63) is 63.5 Å². The standard InChI is InChI=1S/C15H15FN2O3/c1-9-8-11(18(19)20)6-7-13(9)21-14-5-3-4-12(16)15(14)10(2)17/h3-8,10H,17H2,1-2H3/t10-/m0/s1. The van der Waals surface area contributed by atoms with Gasteiger partial charge in [0.2, 0.25) is 0 Å². The number of rotatable bonds is 4. The summed E-state index contributed by atoms with van der Waals surface area (Å²) in [5.41, 5.74) is 6.60.